The predicted octanol–water partition coefficient (Wildman–Crippen LogP) is 4.39. The third-order valence-corrected chi connectivity index (χ3v) is 4.97. The van der Waals surface area contributed by atoms with Crippen molar-refractivity contribution in [2.75, 3.05) is 7.11 Å². The van der Waals surface area contributed by atoms with Crippen LogP contribution in [0.4, 0.5) is 0 Å². The molecule has 1 aromatic carbocycles. The summed E-state index contributed by atoms with van der Waals surface area (Å²) in [7, 11) is 1.30. The molecule has 0 saturated carbocycles. The highest BCUT2D eigenvalue weighted by molar-refractivity contribution is 8.01. The molecule has 0 spiro atoms. The molecule has 3 nitrogen and oxygen atoms in total. The van der Waals surface area contributed by atoms with Crippen molar-refractivity contribution in [1.29, 1.82) is 0 Å². The monoisotopic (exact) mass is 319 g/mol. The van der Waals surface area contributed by atoms with Gasteiger partial charge in [-0.3, -0.25) is 0 Å². The summed E-state index contributed by atoms with van der Waals surface area (Å²) in [5.41, 5.74) is 0. The number of ether oxygens (including phenoxy) is 1. The minimum absolute atomic E-state index is 0.154. The first-order valence-electron chi connectivity index (χ1n) is 4.79. The normalized spacial score (nSPS) is 10.4. The lowest BCUT2D eigenvalue weighted by molar-refractivity contribution is 0.0606. The minimum atomic E-state index is -0.483. The first kappa shape index (κ1) is 13.7. The third kappa shape index (κ3) is 2.98. The van der Waals surface area contributed by atoms with Crippen LogP contribution < -0.4 is 0 Å². The zero-order valence-corrected chi connectivity index (χ0v) is 12.3. The lowest BCUT2D eigenvalue weighted by atomic mass is 10.4. The van der Waals surface area contributed by atoms with E-state index in [0.29, 0.717) is 14.2 Å². The highest BCUT2D eigenvalue weighted by atomic mass is 35.5. The van der Waals surface area contributed by atoms with E-state index in [-0.39, 0.29) is 5.15 Å². The molecule has 0 atom stereocenters. The van der Waals surface area contributed by atoms with Gasteiger partial charge in [0, 0.05) is 4.90 Å². The fourth-order valence-electron chi connectivity index (χ4n) is 1.17. The van der Waals surface area contributed by atoms with Gasteiger partial charge in [0.2, 0.25) is 0 Å². The molecular formula is C11H7Cl2NO2S2. The van der Waals surface area contributed by atoms with Crippen LogP contribution in [0.3, 0.4) is 0 Å². The highest BCUT2D eigenvalue weighted by Crippen LogP contribution is 2.37. The average molecular weight is 320 g/mol. The summed E-state index contributed by atoms with van der Waals surface area (Å²) in [6.45, 7) is 0. The van der Waals surface area contributed by atoms with Crippen molar-refractivity contribution < 1.29 is 9.53 Å². The Morgan fingerprint density at radius 3 is 2.78 bits per heavy atom. The van der Waals surface area contributed by atoms with Crippen molar-refractivity contribution in [3.63, 3.8) is 0 Å². The van der Waals surface area contributed by atoms with Crippen LogP contribution in [0.15, 0.2) is 33.5 Å². The van der Waals surface area contributed by atoms with E-state index in [4.69, 9.17) is 23.2 Å². The van der Waals surface area contributed by atoms with E-state index in [1.165, 1.54) is 30.2 Å². The van der Waals surface area contributed by atoms with Gasteiger partial charge in [0.1, 0.15) is 0 Å². The molecule has 0 saturated heterocycles. The summed E-state index contributed by atoms with van der Waals surface area (Å²) in [4.78, 5) is 16.7. The van der Waals surface area contributed by atoms with Crippen LogP contribution in [0, 0.1) is 0 Å². The third-order valence-electron chi connectivity index (χ3n) is 1.97. The van der Waals surface area contributed by atoms with Gasteiger partial charge in [-0.15, -0.1) is 0 Å². The van der Waals surface area contributed by atoms with Gasteiger partial charge >= 0.3 is 5.97 Å². The molecule has 2 aromatic rings. The second kappa shape index (κ2) is 5.93. The van der Waals surface area contributed by atoms with Crippen molar-refractivity contribution in [2.45, 2.75) is 9.24 Å². The predicted molar refractivity (Wildman–Crippen MR) is 74.0 cm³/mol. The first-order valence-corrected chi connectivity index (χ1v) is 7.17. The largest absolute Gasteiger partial charge is 0.465 e. The Hall–Kier alpha value is -0.750. The average Bonchev–Trinajstić information content (AvgIpc) is 2.72. The maximum atomic E-state index is 11.4. The molecule has 94 valence electrons. The molecule has 0 amide bonds. The molecule has 0 aliphatic carbocycles. The summed E-state index contributed by atoms with van der Waals surface area (Å²) in [5, 5.41) is 0.787. The summed E-state index contributed by atoms with van der Waals surface area (Å²) in [6.07, 6.45) is 0. The van der Waals surface area contributed by atoms with E-state index in [9.17, 15) is 4.79 Å². The van der Waals surface area contributed by atoms with E-state index >= 15 is 0 Å². The van der Waals surface area contributed by atoms with Gasteiger partial charge in [-0.05, 0) is 12.1 Å². The van der Waals surface area contributed by atoms with Crippen LogP contribution in [0.1, 0.15) is 9.67 Å². The Labute approximate surface area is 122 Å². The van der Waals surface area contributed by atoms with Gasteiger partial charge in [0.05, 0.1) is 12.1 Å². The number of hydrogen-bond donors (Lipinski definition) is 0. The van der Waals surface area contributed by atoms with Crippen molar-refractivity contribution in [3.05, 3.63) is 39.3 Å². The van der Waals surface area contributed by atoms with Gasteiger partial charge in [-0.1, -0.05) is 58.4 Å². The standard InChI is InChI=1S/C11H7Cl2NO2S2/c1-16-10(15)8-9(13)14-11(18-8)17-7-5-3-2-4-6(7)12/h2-5H,1H3. The Bertz CT molecular complexity index is 586. The number of esters is 1. The molecule has 0 bridgehead atoms. The number of carbonyl (C=O) groups excluding carboxylic acids is 1. The molecule has 18 heavy (non-hydrogen) atoms. The highest BCUT2D eigenvalue weighted by Gasteiger charge is 2.18. The molecule has 0 radical (unpaired) electrons. The summed E-state index contributed by atoms with van der Waals surface area (Å²) < 4.78 is 5.26. The fraction of sp³-hybridized carbons (Fsp3) is 0.0909. The molecule has 1 aromatic heterocycles. The zero-order valence-electron chi connectivity index (χ0n) is 9.15. The Kier molecular flexibility index (Phi) is 4.50. The quantitative estimate of drug-likeness (QED) is 0.787. The molecule has 0 unspecified atom stereocenters. The molecular weight excluding hydrogens is 313 g/mol. The van der Waals surface area contributed by atoms with Crippen LogP contribution in [-0.4, -0.2) is 18.1 Å². The second-order valence-corrected chi connectivity index (χ2v) is 6.18. The van der Waals surface area contributed by atoms with E-state index < -0.39 is 5.97 Å². The number of hydrogen-bond acceptors (Lipinski definition) is 5. The van der Waals surface area contributed by atoms with Gasteiger partial charge in [0.15, 0.2) is 14.4 Å². The van der Waals surface area contributed by atoms with Gasteiger partial charge in [-0.2, -0.15) is 0 Å². The molecule has 0 aliphatic heterocycles. The van der Waals surface area contributed by atoms with E-state index in [1.807, 2.05) is 18.2 Å². The topological polar surface area (TPSA) is 39.2 Å². The van der Waals surface area contributed by atoms with Gasteiger partial charge in [-0.25, -0.2) is 9.78 Å². The van der Waals surface area contributed by atoms with Crippen molar-refractivity contribution in [3.8, 4) is 0 Å². The Morgan fingerprint density at radius 1 is 1.39 bits per heavy atom. The summed E-state index contributed by atoms with van der Waals surface area (Å²) in [6, 6.07) is 7.40. The minimum Gasteiger partial charge on any atom is -0.465 e. The van der Waals surface area contributed by atoms with Crippen molar-refractivity contribution >= 4 is 52.3 Å². The number of carbonyl (C=O) groups is 1. The maximum Gasteiger partial charge on any atom is 0.351 e. The summed E-state index contributed by atoms with van der Waals surface area (Å²) in [5.74, 6) is -0.483. The number of nitrogens with zero attached hydrogens (tertiary/aromatic N) is 1. The molecule has 1 heterocycles. The van der Waals surface area contributed by atoms with Gasteiger partial charge in [0.25, 0.3) is 0 Å². The SMILES string of the molecule is COC(=O)c1sc(Sc2ccccc2Cl)nc1Cl. The molecule has 0 N–H and O–H groups in total. The van der Waals surface area contributed by atoms with Crippen molar-refractivity contribution in [2.24, 2.45) is 0 Å². The van der Waals surface area contributed by atoms with E-state index in [2.05, 4.69) is 9.72 Å². The first-order chi connectivity index (χ1) is 8.61. The number of benzene rings is 1. The molecule has 0 aliphatic rings. The van der Waals surface area contributed by atoms with E-state index in [0.717, 1.165) is 4.90 Å². The van der Waals surface area contributed by atoms with Crippen LogP contribution in [0.5, 0.6) is 0 Å². The lowest BCUT2D eigenvalue weighted by Gasteiger charge is -1.99. The van der Waals surface area contributed by atoms with E-state index in [1.54, 1.807) is 6.07 Å². The van der Waals surface area contributed by atoms with Crippen LogP contribution in [0.2, 0.25) is 10.2 Å². The van der Waals surface area contributed by atoms with Crippen LogP contribution in [-0.2, 0) is 4.74 Å². The Morgan fingerprint density at radius 2 is 2.11 bits per heavy atom. The number of halogens is 2. The van der Waals surface area contributed by atoms with Crippen LogP contribution in [0.25, 0.3) is 0 Å². The number of thiazole rings is 1. The lowest BCUT2D eigenvalue weighted by Crippen LogP contribution is -1.98. The second-order valence-electron chi connectivity index (χ2n) is 3.12. The summed E-state index contributed by atoms with van der Waals surface area (Å²) >= 11 is 14.5. The fourth-order valence-corrected chi connectivity index (χ4v) is 3.73. The van der Waals surface area contributed by atoms with Crippen LogP contribution >= 0.6 is 46.3 Å². The number of methoxy groups -OCH3 is 1. The maximum absolute atomic E-state index is 11.4. The molecule has 0 fully saturated rings. The number of rotatable bonds is 3. The molecule has 7 heteroatoms. The smallest absolute Gasteiger partial charge is 0.351 e. The van der Waals surface area contributed by atoms with Gasteiger partial charge < -0.3 is 4.74 Å². The zero-order chi connectivity index (χ0) is 13.1. The number of aromatic nitrogens is 1. The Balaban J connectivity index is 2.26. The van der Waals surface area contributed by atoms with Crippen molar-refractivity contribution in [1.82, 2.24) is 4.98 Å². The molecule has 2 rings (SSSR count).